The minimum absolute atomic E-state index is 0.0673. The summed E-state index contributed by atoms with van der Waals surface area (Å²) in [7, 11) is -4.43. The number of hydrogen-bond donors (Lipinski definition) is 0. The lowest BCUT2D eigenvalue weighted by molar-refractivity contribution is -0.166. The lowest BCUT2D eigenvalue weighted by atomic mass is 10.1. The van der Waals surface area contributed by atoms with E-state index >= 15 is 0 Å². The zero-order chi connectivity index (χ0) is 22.5. The maximum absolute atomic E-state index is 13.5. The Balaban J connectivity index is 1.89. The average molecular weight is 446 g/mol. The van der Waals surface area contributed by atoms with Gasteiger partial charge in [0.2, 0.25) is 9.84 Å². The molecule has 2 aromatic carbocycles. The van der Waals surface area contributed by atoms with Crippen molar-refractivity contribution in [2.75, 3.05) is 0 Å². The number of cyclic esters (lactones) is 2. The summed E-state index contributed by atoms with van der Waals surface area (Å²) in [5, 5.41) is 0. The molecule has 31 heavy (non-hydrogen) atoms. The molecule has 0 saturated heterocycles. The van der Waals surface area contributed by atoms with Gasteiger partial charge in [0.25, 0.3) is 12.6 Å². The van der Waals surface area contributed by atoms with Crippen molar-refractivity contribution in [1.29, 1.82) is 0 Å². The van der Waals surface area contributed by atoms with Gasteiger partial charge in [0.05, 0.1) is 26.5 Å². The summed E-state index contributed by atoms with van der Waals surface area (Å²) in [5.74, 6) is -3.35. The Hall–Kier alpha value is -3.73. The highest BCUT2D eigenvalue weighted by atomic mass is 32.2. The van der Waals surface area contributed by atoms with Crippen LogP contribution in [-0.4, -0.2) is 32.3 Å². The van der Waals surface area contributed by atoms with Crippen LogP contribution in [0.5, 0.6) is 0 Å². The number of carbonyl (C=O) groups is 4. The fourth-order valence-corrected chi connectivity index (χ4v) is 5.13. The van der Waals surface area contributed by atoms with Gasteiger partial charge >= 0.3 is 23.9 Å². The summed E-state index contributed by atoms with van der Waals surface area (Å²) >= 11 is 0. The first-order valence-corrected chi connectivity index (χ1v) is 10.4. The van der Waals surface area contributed by atoms with E-state index in [9.17, 15) is 27.6 Å². The first-order valence-electron chi connectivity index (χ1n) is 8.88. The van der Waals surface area contributed by atoms with Crippen LogP contribution < -0.4 is 0 Å². The van der Waals surface area contributed by atoms with Gasteiger partial charge in [-0.1, -0.05) is 18.2 Å². The summed E-state index contributed by atoms with van der Waals surface area (Å²) in [6.45, 7) is 2.20. The fraction of sp³-hybridized carbons (Fsp3) is 0.200. The number of fused-ring (bicyclic) bond motifs is 2. The number of rotatable bonds is 4. The molecule has 0 fully saturated rings. The van der Waals surface area contributed by atoms with Crippen LogP contribution in [0.2, 0.25) is 0 Å². The van der Waals surface area contributed by atoms with Crippen LogP contribution in [0, 0.1) is 0 Å². The molecule has 0 radical (unpaired) electrons. The van der Waals surface area contributed by atoms with Crippen LogP contribution in [0.3, 0.4) is 0 Å². The third-order valence-electron chi connectivity index (χ3n) is 4.59. The molecule has 160 valence electrons. The van der Waals surface area contributed by atoms with Gasteiger partial charge in [0.1, 0.15) is 0 Å². The number of esters is 4. The van der Waals surface area contributed by atoms with Gasteiger partial charge in [-0.2, -0.15) is 0 Å². The molecule has 10 nitrogen and oxygen atoms in total. The lowest BCUT2D eigenvalue weighted by Crippen LogP contribution is -2.14. The monoisotopic (exact) mass is 446 g/mol. The summed E-state index contributed by atoms with van der Waals surface area (Å²) < 4.78 is 47.0. The molecule has 0 amide bonds. The van der Waals surface area contributed by atoms with Crippen molar-refractivity contribution >= 4 is 33.7 Å². The van der Waals surface area contributed by atoms with E-state index in [1.165, 1.54) is 36.4 Å². The molecule has 0 aliphatic carbocycles. The van der Waals surface area contributed by atoms with E-state index in [-0.39, 0.29) is 27.1 Å². The highest BCUT2D eigenvalue weighted by Gasteiger charge is 2.43. The minimum Gasteiger partial charge on any atom is -0.421 e. The van der Waals surface area contributed by atoms with Gasteiger partial charge < -0.3 is 18.9 Å². The quantitative estimate of drug-likeness (QED) is 0.640. The number of hydrogen-bond acceptors (Lipinski definition) is 10. The Morgan fingerprint density at radius 3 is 2.10 bits per heavy atom. The zero-order valence-electron chi connectivity index (χ0n) is 16.1. The van der Waals surface area contributed by atoms with E-state index < -0.39 is 51.2 Å². The zero-order valence-corrected chi connectivity index (χ0v) is 16.9. The average Bonchev–Trinajstić information content (AvgIpc) is 3.18. The van der Waals surface area contributed by atoms with E-state index in [0.29, 0.717) is 0 Å². The van der Waals surface area contributed by atoms with Crippen LogP contribution in [0.25, 0.3) is 0 Å². The van der Waals surface area contributed by atoms with E-state index in [1.807, 2.05) is 0 Å². The Bertz CT molecular complexity index is 1260. The van der Waals surface area contributed by atoms with Gasteiger partial charge in [-0.25, -0.2) is 18.0 Å². The molecule has 2 heterocycles. The van der Waals surface area contributed by atoms with Gasteiger partial charge in [-0.15, -0.1) is 0 Å². The van der Waals surface area contributed by atoms with Crippen LogP contribution in [0.15, 0.2) is 46.2 Å². The fourth-order valence-electron chi connectivity index (χ4n) is 3.42. The largest absolute Gasteiger partial charge is 0.421 e. The van der Waals surface area contributed by atoms with Crippen LogP contribution >= 0.6 is 0 Å². The second kappa shape index (κ2) is 7.20. The molecule has 2 aliphatic heterocycles. The SMILES string of the molecule is CC(=O)OC1OC(=O)c2c1cccc2S(=O)(=O)c1cccc2c1C(OC(C)=O)OC2=O. The predicted octanol–water partition coefficient (Wildman–Crippen LogP) is 1.98. The highest BCUT2D eigenvalue weighted by Crippen LogP contribution is 2.41. The smallest absolute Gasteiger partial charge is 0.343 e. The standard InChI is InChI=1S/C20H14O10S/c1-9(21)27-19-12-6-4-7-13(15(12)18(24)30-19)31(25,26)14-8-3-5-11-16(14)20(28-10(2)22)29-17(11)23/h3-8,19-20H,1-2H3. The van der Waals surface area contributed by atoms with Gasteiger partial charge in [0.15, 0.2) is 0 Å². The second-order valence-corrected chi connectivity index (χ2v) is 8.52. The molecule has 11 heteroatoms. The maximum Gasteiger partial charge on any atom is 0.343 e. The van der Waals surface area contributed by atoms with E-state index in [4.69, 9.17) is 18.9 Å². The van der Waals surface area contributed by atoms with Gasteiger partial charge in [-0.3, -0.25) is 9.59 Å². The molecule has 0 bridgehead atoms. The number of ether oxygens (including phenoxy) is 4. The van der Waals surface area contributed by atoms with Gasteiger partial charge in [-0.05, 0) is 18.2 Å². The second-order valence-electron chi connectivity index (χ2n) is 6.63. The molecule has 4 rings (SSSR count). The molecule has 2 atom stereocenters. The first-order chi connectivity index (χ1) is 14.6. The number of sulfone groups is 1. The molecule has 0 saturated carbocycles. The van der Waals surface area contributed by atoms with E-state index in [0.717, 1.165) is 13.8 Å². The molecule has 2 aliphatic rings. The van der Waals surface area contributed by atoms with E-state index in [1.54, 1.807) is 0 Å². The molecular weight excluding hydrogens is 432 g/mol. The van der Waals surface area contributed by atoms with Crippen LogP contribution in [-0.2, 0) is 38.4 Å². The third-order valence-corrected chi connectivity index (χ3v) is 6.45. The first kappa shape index (κ1) is 20.5. The summed E-state index contributed by atoms with van der Waals surface area (Å²) in [6, 6.07) is 7.81. The van der Waals surface area contributed by atoms with Crippen molar-refractivity contribution in [3.05, 3.63) is 58.7 Å². The summed E-state index contributed by atoms with van der Waals surface area (Å²) in [6.07, 6.45) is -2.93. The molecular formula is C20H14O10S. The Morgan fingerprint density at radius 2 is 1.42 bits per heavy atom. The molecule has 0 aromatic heterocycles. The van der Waals surface area contributed by atoms with E-state index in [2.05, 4.69) is 0 Å². The van der Waals surface area contributed by atoms with Crippen molar-refractivity contribution in [3.63, 3.8) is 0 Å². The maximum atomic E-state index is 13.5. The lowest BCUT2D eigenvalue weighted by Gasteiger charge is -2.15. The molecule has 0 spiro atoms. The molecule has 0 N–H and O–H groups in total. The molecule has 2 unspecified atom stereocenters. The summed E-state index contributed by atoms with van der Waals surface area (Å²) in [5.41, 5.74) is -0.457. The highest BCUT2D eigenvalue weighted by molar-refractivity contribution is 7.91. The Kier molecular flexibility index (Phi) is 4.77. The van der Waals surface area contributed by atoms with Crippen LogP contribution in [0.4, 0.5) is 0 Å². The Morgan fingerprint density at radius 1 is 0.839 bits per heavy atom. The van der Waals surface area contributed by atoms with Crippen molar-refractivity contribution in [3.8, 4) is 0 Å². The van der Waals surface area contributed by atoms with Crippen molar-refractivity contribution < 1.29 is 46.5 Å². The predicted molar refractivity (Wildman–Crippen MR) is 98.2 cm³/mol. The molecule has 2 aromatic rings. The summed E-state index contributed by atoms with van der Waals surface area (Å²) in [4.78, 5) is 46.4. The number of benzene rings is 2. The number of carbonyl (C=O) groups excluding carboxylic acids is 4. The van der Waals surface area contributed by atoms with Crippen LogP contribution in [0.1, 0.15) is 58.3 Å². The van der Waals surface area contributed by atoms with Gasteiger partial charge in [0, 0.05) is 19.4 Å². The van der Waals surface area contributed by atoms with Crippen molar-refractivity contribution in [2.24, 2.45) is 0 Å². The third kappa shape index (κ3) is 3.32. The topological polar surface area (TPSA) is 139 Å². The minimum atomic E-state index is -4.43. The van der Waals surface area contributed by atoms with Crippen molar-refractivity contribution in [1.82, 2.24) is 0 Å². The van der Waals surface area contributed by atoms with Crippen molar-refractivity contribution in [2.45, 2.75) is 36.2 Å². The Labute approximate surface area is 175 Å². The normalized spacial score (nSPS) is 19.2.